The lowest BCUT2D eigenvalue weighted by molar-refractivity contribution is -0.120. The van der Waals surface area contributed by atoms with Gasteiger partial charge in [0.05, 0.1) is 13.2 Å². The molecular weight excluding hydrogens is 304 g/mol. The van der Waals surface area contributed by atoms with Crippen LogP contribution in [0.25, 0.3) is 11.4 Å². The molecule has 0 aliphatic carbocycles. The predicted octanol–water partition coefficient (Wildman–Crippen LogP) is 1.81. The van der Waals surface area contributed by atoms with Crippen molar-refractivity contribution in [3.63, 3.8) is 0 Å². The van der Waals surface area contributed by atoms with Crippen LogP contribution in [0.2, 0.25) is 0 Å². The van der Waals surface area contributed by atoms with E-state index in [0.717, 1.165) is 30.0 Å². The number of rotatable bonds is 3. The summed E-state index contributed by atoms with van der Waals surface area (Å²) in [4.78, 5) is 16.8. The van der Waals surface area contributed by atoms with Crippen molar-refractivity contribution < 1.29 is 9.53 Å². The minimum Gasteiger partial charge on any atom is -0.378 e. The monoisotopic (exact) mass is 326 g/mol. The van der Waals surface area contributed by atoms with Crippen LogP contribution in [-0.2, 0) is 22.5 Å². The van der Waals surface area contributed by atoms with Gasteiger partial charge in [0.15, 0.2) is 0 Å². The van der Waals surface area contributed by atoms with E-state index in [1.807, 2.05) is 30.5 Å². The van der Waals surface area contributed by atoms with Crippen molar-refractivity contribution in [3.8, 4) is 11.4 Å². The van der Waals surface area contributed by atoms with E-state index in [9.17, 15) is 4.79 Å². The van der Waals surface area contributed by atoms with Crippen LogP contribution >= 0.6 is 0 Å². The Morgan fingerprint density at radius 2 is 2.17 bits per heavy atom. The number of aromatic nitrogens is 2. The molecule has 2 N–H and O–H groups in total. The van der Waals surface area contributed by atoms with E-state index in [1.165, 1.54) is 18.5 Å². The van der Waals surface area contributed by atoms with E-state index in [0.29, 0.717) is 19.8 Å². The Morgan fingerprint density at radius 1 is 1.29 bits per heavy atom. The number of morpholine rings is 1. The van der Waals surface area contributed by atoms with Crippen molar-refractivity contribution in [2.45, 2.75) is 31.8 Å². The molecule has 1 aromatic heterocycles. The van der Waals surface area contributed by atoms with Crippen LogP contribution in [0.3, 0.4) is 0 Å². The molecule has 0 saturated carbocycles. The molecule has 1 unspecified atom stereocenters. The van der Waals surface area contributed by atoms with Crippen molar-refractivity contribution in [1.82, 2.24) is 14.9 Å². The van der Waals surface area contributed by atoms with Gasteiger partial charge in [-0.25, -0.2) is 4.98 Å². The molecule has 6 nitrogen and oxygen atoms in total. The Bertz CT molecular complexity index is 717. The minimum atomic E-state index is -0.280. The van der Waals surface area contributed by atoms with Crippen LogP contribution in [0.15, 0.2) is 30.5 Å². The lowest BCUT2D eigenvalue weighted by Crippen LogP contribution is -2.48. The Morgan fingerprint density at radius 3 is 2.96 bits per heavy atom. The molecule has 1 saturated heterocycles. The lowest BCUT2D eigenvalue weighted by atomic mass is 10.1. The third kappa shape index (κ3) is 3.07. The lowest BCUT2D eigenvalue weighted by Gasteiger charge is -2.22. The highest BCUT2D eigenvalue weighted by Crippen LogP contribution is 2.25. The number of benzene rings is 1. The molecule has 126 valence electrons. The second-order valence-corrected chi connectivity index (χ2v) is 6.33. The number of ether oxygens (including phenoxy) is 1. The minimum absolute atomic E-state index is 0.0550. The third-order valence-corrected chi connectivity index (χ3v) is 4.65. The van der Waals surface area contributed by atoms with Crippen LogP contribution in [0, 0.1) is 0 Å². The van der Waals surface area contributed by atoms with Crippen LogP contribution in [0.4, 0.5) is 5.69 Å². The molecule has 4 rings (SSSR count). The van der Waals surface area contributed by atoms with E-state index in [-0.39, 0.29) is 11.9 Å². The average Bonchev–Trinajstić information content (AvgIpc) is 3.07. The topological polar surface area (TPSA) is 68.2 Å². The van der Waals surface area contributed by atoms with Gasteiger partial charge in [0.1, 0.15) is 11.9 Å². The quantitative estimate of drug-likeness (QED) is 0.903. The number of amides is 1. The van der Waals surface area contributed by atoms with Crippen LogP contribution in [-0.4, -0.2) is 41.3 Å². The van der Waals surface area contributed by atoms with Gasteiger partial charge in [0, 0.05) is 36.2 Å². The van der Waals surface area contributed by atoms with Gasteiger partial charge in [-0.1, -0.05) is 0 Å². The second-order valence-electron chi connectivity index (χ2n) is 6.33. The van der Waals surface area contributed by atoms with E-state index in [2.05, 4.69) is 20.2 Å². The van der Waals surface area contributed by atoms with Crippen molar-refractivity contribution in [3.05, 3.63) is 36.2 Å². The van der Waals surface area contributed by atoms with Gasteiger partial charge in [0.2, 0.25) is 5.91 Å². The summed E-state index contributed by atoms with van der Waals surface area (Å²) in [6, 6.07) is 7.62. The van der Waals surface area contributed by atoms with E-state index in [4.69, 9.17) is 4.74 Å². The number of imidazole rings is 1. The Balaban J connectivity index is 1.46. The van der Waals surface area contributed by atoms with Crippen LogP contribution in [0.5, 0.6) is 0 Å². The summed E-state index contributed by atoms with van der Waals surface area (Å²) in [5, 5.41) is 6.09. The largest absolute Gasteiger partial charge is 0.378 e. The molecule has 0 bridgehead atoms. The maximum absolute atomic E-state index is 12.2. The van der Waals surface area contributed by atoms with Crippen molar-refractivity contribution in [2.75, 3.05) is 25.1 Å². The second kappa shape index (κ2) is 6.75. The fraction of sp³-hybridized carbons (Fsp3) is 0.444. The van der Waals surface area contributed by atoms with Crippen molar-refractivity contribution >= 4 is 11.6 Å². The molecule has 24 heavy (non-hydrogen) atoms. The van der Waals surface area contributed by atoms with Gasteiger partial charge in [0.25, 0.3) is 0 Å². The number of aryl methyl sites for hydroxylation is 1. The Kier molecular flexibility index (Phi) is 4.32. The number of hydrogen-bond acceptors (Lipinski definition) is 4. The average molecular weight is 326 g/mol. The van der Waals surface area contributed by atoms with Gasteiger partial charge in [-0.3, -0.25) is 4.79 Å². The van der Waals surface area contributed by atoms with Gasteiger partial charge in [-0.2, -0.15) is 0 Å². The molecule has 0 spiro atoms. The van der Waals surface area contributed by atoms with Crippen LogP contribution < -0.4 is 10.6 Å². The zero-order valence-corrected chi connectivity index (χ0v) is 13.6. The summed E-state index contributed by atoms with van der Waals surface area (Å²) in [5.41, 5.74) is 3.19. The predicted molar refractivity (Wildman–Crippen MR) is 91.8 cm³/mol. The molecule has 2 aromatic rings. The first-order valence-corrected chi connectivity index (χ1v) is 8.58. The summed E-state index contributed by atoms with van der Waals surface area (Å²) in [7, 11) is 0. The van der Waals surface area contributed by atoms with E-state index in [1.54, 1.807) is 0 Å². The standard InChI is InChI=1S/C18H22N4O2/c23-18(16-12-24-10-8-19-16)21-14-6-4-13(5-7-14)17-20-11-15-3-1-2-9-22(15)17/h4-7,11,16,19H,1-3,8-10,12H2,(H,21,23). The molecule has 1 fully saturated rings. The van der Waals surface area contributed by atoms with Gasteiger partial charge < -0.3 is 19.9 Å². The highest BCUT2D eigenvalue weighted by molar-refractivity contribution is 5.95. The van der Waals surface area contributed by atoms with Crippen molar-refractivity contribution in [2.24, 2.45) is 0 Å². The summed E-state index contributed by atoms with van der Waals surface area (Å²) in [5.74, 6) is 0.963. The summed E-state index contributed by atoms with van der Waals surface area (Å²) in [6.45, 7) is 2.83. The molecule has 3 heterocycles. The first-order chi connectivity index (χ1) is 11.8. The normalized spacial score (nSPS) is 20.4. The van der Waals surface area contributed by atoms with Crippen LogP contribution in [0.1, 0.15) is 18.5 Å². The fourth-order valence-corrected chi connectivity index (χ4v) is 3.33. The van der Waals surface area contributed by atoms with Crippen molar-refractivity contribution in [1.29, 1.82) is 0 Å². The Labute approximate surface area is 141 Å². The summed E-state index contributed by atoms with van der Waals surface area (Å²) in [6.07, 6.45) is 5.55. The molecule has 2 aliphatic rings. The number of carbonyl (C=O) groups excluding carboxylic acids is 1. The smallest absolute Gasteiger partial charge is 0.243 e. The molecule has 2 aliphatic heterocycles. The molecule has 1 aromatic carbocycles. The summed E-state index contributed by atoms with van der Waals surface area (Å²) >= 11 is 0. The number of nitrogens with zero attached hydrogens (tertiary/aromatic N) is 2. The summed E-state index contributed by atoms with van der Waals surface area (Å²) < 4.78 is 7.63. The zero-order chi connectivity index (χ0) is 16.4. The highest BCUT2D eigenvalue weighted by atomic mass is 16.5. The fourth-order valence-electron chi connectivity index (χ4n) is 3.33. The van der Waals surface area contributed by atoms with E-state index < -0.39 is 0 Å². The SMILES string of the molecule is O=C(Nc1ccc(-c2ncc3n2CCCC3)cc1)C1COCCN1. The first kappa shape index (κ1) is 15.4. The molecule has 0 radical (unpaired) electrons. The molecule has 6 heteroatoms. The van der Waals surface area contributed by atoms with E-state index >= 15 is 0 Å². The number of carbonyl (C=O) groups is 1. The number of fused-ring (bicyclic) bond motifs is 1. The van der Waals surface area contributed by atoms with Gasteiger partial charge in [-0.15, -0.1) is 0 Å². The molecular formula is C18H22N4O2. The maximum atomic E-state index is 12.2. The first-order valence-electron chi connectivity index (χ1n) is 8.58. The zero-order valence-electron chi connectivity index (χ0n) is 13.6. The number of anilines is 1. The number of nitrogens with one attached hydrogen (secondary N) is 2. The van der Waals surface area contributed by atoms with Gasteiger partial charge in [-0.05, 0) is 43.5 Å². The van der Waals surface area contributed by atoms with Gasteiger partial charge >= 0.3 is 0 Å². The third-order valence-electron chi connectivity index (χ3n) is 4.65. The Hall–Kier alpha value is -2.18. The molecule has 1 atom stereocenters. The number of hydrogen-bond donors (Lipinski definition) is 2. The molecule has 1 amide bonds. The maximum Gasteiger partial charge on any atom is 0.243 e. The highest BCUT2D eigenvalue weighted by Gasteiger charge is 2.21.